The second-order valence-electron chi connectivity index (χ2n) is 5.86. The van der Waals surface area contributed by atoms with Crippen LogP contribution in [0.4, 0.5) is 22.4 Å². The summed E-state index contributed by atoms with van der Waals surface area (Å²) in [5, 5.41) is 11.5. The molecule has 1 saturated carbocycles. The van der Waals surface area contributed by atoms with Gasteiger partial charge in [0.2, 0.25) is 0 Å². The maximum absolute atomic E-state index is 13.8. The maximum atomic E-state index is 13.8. The summed E-state index contributed by atoms with van der Waals surface area (Å²) >= 11 is 0. The third kappa shape index (κ3) is 4.13. The van der Waals surface area contributed by atoms with E-state index in [1.165, 1.54) is 6.07 Å². The van der Waals surface area contributed by atoms with E-state index < -0.39 is 30.3 Å². The van der Waals surface area contributed by atoms with Gasteiger partial charge in [-0.1, -0.05) is 18.2 Å². The molecule has 0 spiro atoms. The number of carbonyl (C=O) groups is 1. The third-order valence-corrected chi connectivity index (χ3v) is 4.05. The highest BCUT2D eigenvalue weighted by Crippen LogP contribution is 2.48. The van der Waals surface area contributed by atoms with Gasteiger partial charge in [0, 0.05) is 19.0 Å². The van der Waals surface area contributed by atoms with Crippen LogP contribution in [0.25, 0.3) is 0 Å². The van der Waals surface area contributed by atoms with Crippen LogP contribution >= 0.6 is 0 Å². The number of alkyl halides is 3. The van der Waals surface area contributed by atoms with E-state index in [1.807, 2.05) is 0 Å². The average molecular weight is 334 g/mol. The second kappa shape index (κ2) is 6.35. The fourth-order valence-electron chi connectivity index (χ4n) is 2.41. The number of hydrogen-bond donors (Lipinski definition) is 2. The van der Waals surface area contributed by atoms with Gasteiger partial charge in [-0.2, -0.15) is 13.2 Å². The van der Waals surface area contributed by atoms with Crippen molar-refractivity contribution >= 4 is 6.03 Å². The molecule has 0 bridgehead atoms. The molecule has 1 aliphatic rings. The Bertz CT molecular complexity index is 573. The number of nitrogens with zero attached hydrogens (tertiary/aromatic N) is 1. The van der Waals surface area contributed by atoms with E-state index in [2.05, 4.69) is 5.32 Å². The highest BCUT2D eigenvalue weighted by Gasteiger charge is 2.46. The Balaban J connectivity index is 1.91. The van der Waals surface area contributed by atoms with Gasteiger partial charge in [0.15, 0.2) is 6.10 Å². The van der Waals surface area contributed by atoms with Crippen LogP contribution < -0.4 is 5.32 Å². The third-order valence-electron chi connectivity index (χ3n) is 4.05. The zero-order valence-corrected chi connectivity index (χ0v) is 12.5. The first kappa shape index (κ1) is 17.5. The number of carbonyl (C=O) groups excluding carboxylic acids is 1. The molecule has 2 amide bonds. The van der Waals surface area contributed by atoms with E-state index in [-0.39, 0.29) is 12.4 Å². The van der Waals surface area contributed by atoms with Crippen LogP contribution in [0.1, 0.15) is 18.4 Å². The van der Waals surface area contributed by atoms with Crippen LogP contribution in [0.3, 0.4) is 0 Å². The highest BCUT2D eigenvalue weighted by molar-refractivity contribution is 5.74. The van der Waals surface area contributed by atoms with Crippen LogP contribution in [0.5, 0.6) is 0 Å². The number of urea groups is 1. The molecule has 1 fully saturated rings. The van der Waals surface area contributed by atoms with Crippen molar-refractivity contribution in [3.8, 4) is 0 Å². The number of aliphatic hydroxyl groups is 1. The van der Waals surface area contributed by atoms with Crippen molar-refractivity contribution in [1.29, 1.82) is 0 Å². The van der Waals surface area contributed by atoms with Crippen molar-refractivity contribution in [2.45, 2.75) is 30.5 Å². The number of halogens is 4. The highest BCUT2D eigenvalue weighted by atomic mass is 19.4. The molecule has 0 heterocycles. The van der Waals surface area contributed by atoms with Crippen LogP contribution in [-0.4, -0.2) is 48.5 Å². The van der Waals surface area contributed by atoms with Gasteiger partial charge in [0.25, 0.3) is 0 Å². The van der Waals surface area contributed by atoms with E-state index in [0.29, 0.717) is 18.4 Å². The Hall–Kier alpha value is -1.83. The van der Waals surface area contributed by atoms with E-state index in [0.717, 1.165) is 11.9 Å². The van der Waals surface area contributed by atoms with Gasteiger partial charge in [-0.05, 0) is 24.5 Å². The van der Waals surface area contributed by atoms with E-state index in [9.17, 15) is 22.4 Å². The van der Waals surface area contributed by atoms with Gasteiger partial charge in [0.05, 0.1) is 6.54 Å². The van der Waals surface area contributed by atoms with Crippen LogP contribution in [0, 0.1) is 5.82 Å². The monoisotopic (exact) mass is 334 g/mol. The van der Waals surface area contributed by atoms with E-state index in [1.54, 1.807) is 18.2 Å². The molecule has 128 valence electrons. The van der Waals surface area contributed by atoms with Gasteiger partial charge in [0.1, 0.15) is 5.82 Å². The maximum Gasteiger partial charge on any atom is 0.416 e. The normalized spacial score (nSPS) is 17.5. The molecule has 1 aromatic carbocycles. The minimum atomic E-state index is -4.78. The fraction of sp³-hybridized carbons (Fsp3) is 0.533. The molecule has 0 saturated heterocycles. The van der Waals surface area contributed by atoms with Crippen LogP contribution in [0.15, 0.2) is 24.3 Å². The summed E-state index contributed by atoms with van der Waals surface area (Å²) in [5.41, 5.74) is 0.00286. The molecule has 1 aromatic rings. The fourth-order valence-corrected chi connectivity index (χ4v) is 2.41. The molecule has 2 N–H and O–H groups in total. The van der Waals surface area contributed by atoms with Gasteiger partial charge >= 0.3 is 12.2 Å². The van der Waals surface area contributed by atoms with Crippen molar-refractivity contribution in [2.75, 3.05) is 20.1 Å². The predicted octanol–water partition coefficient (Wildman–Crippen LogP) is 2.42. The average Bonchev–Trinajstić information content (AvgIpc) is 3.25. The van der Waals surface area contributed by atoms with Gasteiger partial charge in [-0.25, -0.2) is 9.18 Å². The first-order valence-electron chi connectivity index (χ1n) is 7.14. The summed E-state index contributed by atoms with van der Waals surface area (Å²) in [7, 11) is 1.16. The molecule has 0 unspecified atom stereocenters. The molecule has 23 heavy (non-hydrogen) atoms. The number of amides is 2. The Kier molecular flexibility index (Phi) is 4.84. The standard InChI is InChI=1S/C15H18F4N2O2/c1-21(8-12(22)15(17,18)19)13(23)20-9-14(6-7-14)10-4-2-3-5-11(10)16/h2-5,12,22H,6-9H2,1H3,(H,20,23)/t12-/m0/s1. The number of aliphatic hydroxyl groups excluding tert-OH is 1. The summed E-state index contributed by atoms with van der Waals surface area (Å²) in [6.45, 7) is -0.721. The SMILES string of the molecule is CN(C[C@H](O)C(F)(F)F)C(=O)NCC1(c2ccccc2F)CC1. The van der Waals surface area contributed by atoms with E-state index in [4.69, 9.17) is 5.11 Å². The minimum absolute atomic E-state index is 0.138. The van der Waals surface area contributed by atoms with Gasteiger partial charge < -0.3 is 15.3 Å². The van der Waals surface area contributed by atoms with Crippen molar-refractivity contribution in [3.05, 3.63) is 35.6 Å². The summed E-state index contributed by atoms with van der Waals surface area (Å²) in [6, 6.07) is 5.51. The largest absolute Gasteiger partial charge is 0.416 e. The zero-order valence-electron chi connectivity index (χ0n) is 12.5. The van der Waals surface area contributed by atoms with Crippen molar-refractivity contribution in [2.24, 2.45) is 0 Å². The molecule has 2 rings (SSSR count). The summed E-state index contributed by atoms with van der Waals surface area (Å²) < 4.78 is 50.7. The molecule has 0 radical (unpaired) electrons. The molecule has 1 atom stereocenters. The zero-order chi connectivity index (χ0) is 17.3. The molecule has 8 heteroatoms. The molecule has 4 nitrogen and oxygen atoms in total. The number of likely N-dealkylation sites (N-methyl/N-ethyl adjacent to an activating group) is 1. The molecular weight excluding hydrogens is 316 g/mol. The number of rotatable bonds is 5. The van der Waals surface area contributed by atoms with E-state index >= 15 is 0 Å². The van der Waals surface area contributed by atoms with Gasteiger partial charge in [-0.3, -0.25) is 0 Å². The number of hydrogen-bond acceptors (Lipinski definition) is 2. The Morgan fingerprint density at radius 3 is 2.52 bits per heavy atom. The summed E-state index contributed by atoms with van der Waals surface area (Å²) in [4.78, 5) is 12.6. The van der Waals surface area contributed by atoms with Crippen LogP contribution in [-0.2, 0) is 5.41 Å². The summed E-state index contributed by atoms with van der Waals surface area (Å²) in [6.07, 6.45) is -5.98. The Morgan fingerprint density at radius 1 is 1.39 bits per heavy atom. The summed E-state index contributed by atoms with van der Waals surface area (Å²) in [5.74, 6) is -0.361. The lowest BCUT2D eigenvalue weighted by atomic mass is 9.95. The topological polar surface area (TPSA) is 52.6 Å². The first-order valence-corrected chi connectivity index (χ1v) is 7.14. The lowest BCUT2D eigenvalue weighted by molar-refractivity contribution is -0.205. The quantitative estimate of drug-likeness (QED) is 0.813. The second-order valence-corrected chi connectivity index (χ2v) is 5.86. The molecule has 0 aliphatic heterocycles. The van der Waals surface area contributed by atoms with Crippen molar-refractivity contribution in [1.82, 2.24) is 10.2 Å². The number of nitrogens with one attached hydrogen (secondary N) is 1. The lowest BCUT2D eigenvalue weighted by Crippen LogP contribution is -2.47. The van der Waals surface area contributed by atoms with Crippen molar-refractivity contribution in [3.63, 3.8) is 0 Å². The molecule has 0 aromatic heterocycles. The van der Waals surface area contributed by atoms with Crippen molar-refractivity contribution < 1.29 is 27.5 Å². The molecular formula is C15H18F4N2O2. The lowest BCUT2D eigenvalue weighted by Gasteiger charge is -2.24. The molecule has 1 aliphatic carbocycles. The minimum Gasteiger partial charge on any atom is -0.382 e. The smallest absolute Gasteiger partial charge is 0.382 e. The van der Waals surface area contributed by atoms with Crippen LogP contribution in [0.2, 0.25) is 0 Å². The predicted molar refractivity (Wildman–Crippen MR) is 75.4 cm³/mol. The Labute approximate surface area is 131 Å². The van der Waals surface area contributed by atoms with Gasteiger partial charge in [-0.15, -0.1) is 0 Å². The Morgan fingerprint density at radius 2 is 2.00 bits per heavy atom. The number of benzene rings is 1. The first-order chi connectivity index (χ1) is 10.7.